The molecule has 0 saturated carbocycles. The molecule has 0 aliphatic rings. The summed E-state index contributed by atoms with van der Waals surface area (Å²) in [5.74, 6) is -6.07. The fourth-order valence-corrected chi connectivity index (χ4v) is 2.82. The first-order chi connectivity index (χ1) is 15.9. The van der Waals surface area contributed by atoms with E-state index in [9.17, 15) is 33.9 Å². The van der Waals surface area contributed by atoms with Gasteiger partial charge >= 0.3 is 11.9 Å². The third-order valence-electron chi connectivity index (χ3n) is 4.70. The molecular formula is C21H29N5O8. The van der Waals surface area contributed by atoms with Crippen molar-refractivity contribution >= 4 is 35.6 Å². The summed E-state index contributed by atoms with van der Waals surface area (Å²) in [4.78, 5) is 70.6. The molecule has 4 atom stereocenters. The molecule has 9 N–H and O–H groups in total. The minimum atomic E-state index is -1.57. The van der Waals surface area contributed by atoms with E-state index < -0.39 is 66.2 Å². The van der Waals surface area contributed by atoms with Gasteiger partial charge in [0.2, 0.25) is 23.6 Å². The third-order valence-corrected chi connectivity index (χ3v) is 4.70. The number of amides is 4. The molecule has 1 aromatic rings. The number of primary amides is 1. The predicted molar refractivity (Wildman–Crippen MR) is 118 cm³/mol. The Morgan fingerprint density at radius 2 is 1.47 bits per heavy atom. The van der Waals surface area contributed by atoms with Crippen LogP contribution in [0.1, 0.15) is 31.7 Å². The van der Waals surface area contributed by atoms with E-state index in [-0.39, 0.29) is 19.3 Å². The number of carboxylic acid groups (broad SMARTS) is 2. The van der Waals surface area contributed by atoms with Crippen molar-refractivity contribution in [2.75, 3.05) is 0 Å². The van der Waals surface area contributed by atoms with Crippen molar-refractivity contribution in [3.63, 3.8) is 0 Å². The van der Waals surface area contributed by atoms with Crippen molar-refractivity contribution in [2.45, 2.75) is 56.8 Å². The smallest absolute Gasteiger partial charge is 0.326 e. The Morgan fingerprint density at radius 3 is 2.00 bits per heavy atom. The molecule has 0 fully saturated rings. The Bertz CT molecular complexity index is 908. The number of rotatable bonds is 14. The maximum atomic E-state index is 12.5. The summed E-state index contributed by atoms with van der Waals surface area (Å²) >= 11 is 0. The number of benzene rings is 1. The summed E-state index contributed by atoms with van der Waals surface area (Å²) in [5.41, 5.74) is 11.3. The fraction of sp³-hybridized carbons (Fsp3) is 0.429. The molecule has 1 aromatic carbocycles. The van der Waals surface area contributed by atoms with Gasteiger partial charge in [-0.3, -0.25) is 24.0 Å². The van der Waals surface area contributed by atoms with Gasteiger partial charge in [0.15, 0.2) is 0 Å². The van der Waals surface area contributed by atoms with Gasteiger partial charge in [-0.15, -0.1) is 0 Å². The molecule has 0 bridgehead atoms. The molecule has 0 aromatic heterocycles. The van der Waals surface area contributed by atoms with E-state index in [0.29, 0.717) is 5.56 Å². The molecule has 0 heterocycles. The number of hydrogen-bond acceptors (Lipinski definition) is 7. The van der Waals surface area contributed by atoms with Gasteiger partial charge in [0.05, 0.1) is 12.5 Å². The van der Waals surface area contributed by atoms with E-state index in [0.717, 1.165) is 0 Å². The van der Waals surface area contributed by atoms with Gasteiger partial charge in [-0.2, -0.15) is 0 Å². The molecule has 4 amide bonds. The Kier molecular flexibility index (Phi) is 11.2. The highest BCUT2D eigenvalue weighted by Crippen LogP contribution is 2.04. The zero-order valence-corrected chi connectivity index (χ0v) is 18.5. The van der Waals surface area contributed by atoms with Gasteiger partial charge < -0.3 is 37.6 Å². The van der Waals surface area contributed by atoms with Crippen LogP contribution in [0.3, 0.4) is 0 Å². The topological polar surface area (TPSA) is 231 Å². The molecule has 0 aliphatic heterocycles. The van der Waals surface area contributed by atoms with Crippen LogP contribution in [0.4, 0.5) is 0 Å². The SMILES string of the molecule is CC(NC(=O)C(CC(=O)O)NC(=O)C(N)CCC(N)=O)C(=O)NC(Cc1ccccc1)C(=O)O. The molecule has 0 aliphatic carbocycles. The second kappa shape index (κ2) is 13.5. The minimum absolute atomic E-state index is 0.00344. The Morgan fingerprint density at radius 1 is 0.882 bits per heavy atom. The quantitative estimate of drug-likeness (QED) is 0.154. The molecule has 13 heteroatoms. The van der Waals surface area contributed by atoms with Crippen molar-refractivity contribution in [2.24, 2.45) is 11.5 Å². The average molecular weight is 479 g/mol. The lowest BCUT2D eigenvalue weighted by Gasteiger charge is -2.22. The summed E-state index contributed by atoms with van der Waals surface area (Å²) in [5, 5.41) is 25.2. The molecule has 0 spiro atoms. The number of carboxylic acids is 2. The van der Waals surface area contributed by atoms with Crippen LogP contribution >= 0.6 is 0 Å². The van der Waals surface area contributed by atoms with Crippen molar-refractivity contribution < 1.29 is 39.0 Å². The minimum Gasteiger partial charge on any atom is -0.481 e. The summed E-state index contributed by atoms with van der Waals surface area (Å²) in [6.45, 7) is 1.27. The highest BCUT2D eigenvalue weighted by molar-refractivity contribution is 5.95. The number of nitrogens with two attached hydrogens (primary N) is 2. The predicted octanol–water partition coefficient (Wildman–Crippen LogP) is -2.14. The van der Waals surface area contributed by atoms with Crippen LogP contribution in [0.15, 0.2) is 30.3 Å². The Balaban J connectivity index is 2.77. The molecule has 1 rings (SSSR count). The maximum absolute atomic E-state index is 12.5. The van der Waals surface area contributed by atoms with Crippen molar-refractivity contribution in [1.29, 1.82) is 0 Å². The zero-order chi connectivity index (χ0) is 25.8. The van der Waals surface area contributed by atoms with Gasteiger partial charge in [0, 0.05) is 12.8 Å². The lowest BCUT2D eigenvalue weighted by atomic mass is 10.1. The standard InChI is InChI=1S/C21H29N5O8/c1-11(18(30)26-15(21(33)34)9-12-5-3-2-4-6-12)24-20(32)14(10-17(28)29)25-19(31)13(22)7-8-16(23)27/h2-6,11,13-15H,7-10,22H2,1H3,(H2,23,27)(H,24,32)(H,25,31)(H,26,30)(H,28,29)(H,33,34). The lowest BCUT2D eigenvalue weighted by molar-refractivity contribution is -0.143. The first kappa shape index (κ1) is 28.0. The van der Waals surface area contributed by atoms with E-state index in [4.69, 9.17) is 16.6 Å². The zero-order valence-electron chi connectivity index (χ0n) is 18.5. The van der Waals surface area contributed by atoms with Gasteiger partial charge in [-0.25, -0.2) is 4.79 Å². The van der Waals surface area contributed by atoms with Crippen LogP contribution in [0.5, 0.6) is 0 Å². The second-order valence-corrected chi connectivity index (χ2v) is 7.59. The molecule has 34 heavy (non-hydrogen) atoms. The summed E-state index contributed by atoms with van der Waals surface area (Å²) in [6.07, 6.45) is -1.10. The van der Waals surface area contributed by atoms with Crippen LogP contribution in [0, 0.1) is 0 Å². The average Bonchev–Trinajstić information content (AvgIpc) is 2.76. The van der Waals surface area contributed by atoms with Crippen molar-refractivity contribution in [1.82, 2.24) is 16.0 Å². The monoisotopic (exact) mass is 479 g/mol. The number of aliphatic carboxylic acids is 2. The summed E-state index contributed by atoms with van der Waals surface area (Å²) < 4.78 is 0. The van der Waals surface area contributed by atoms with Crippen LogP contribution in [0.2, 0.25) is 0 Å². The van der Waals surface area contributed by atoms with Gasteiger partial charge in [0.25, 0.3) is 0 Å². The van der Waals surface area contributed by atoms with E-state index in [2.05, 4.69) is 16.0 Å². The first-order valence-electron chi connectivity index (χ1n) is 10.3. The summed E-state index contributed by atoms with van der Waals surface area (Å²) in [7, 11) is 0. The first-order valence-corrected chi connectivity index (χ1v) is 10.3. The van der Waals surface area contributed by atoms with Crippen LogP contribution in [-0.2, 0) is 35.2 Å². The van der Waals surface area contributed by atoms with Crippen LogP contribution in [-0.4, -0.2) is 69.9 Å². The largest absolute Gasteiger partial charge is 0.481 e. The van der Waals surface area contributed by atoms with Crippen LogP contribution < -0.4 is 27.4 Å². The molecule has 186 valence electrons. The van der Waals surface area contributed by atoms with Gasteiger partial charge in [-0.05, 0) is 18.9 Å². The molecular weight excluding hydrogens is 450 g/mol. The highest BCUT2D eigenvalue weighted by atomic mass is 16.4. The van der Waals surface area contributed by atoms with E-state index in [1.165, 1.54) is 6.92 Å². The second-order valence-electron chi connectivity index (χ2n) is 7.59. The summed E-state index contributed by atoms with van der Waals surface area (Å²) in [6, 6.07) is 3.28. The molecule has 4 unspecified atom stereocenters. The highest BCUT2D eigenvalue weighted by Gasteiger charge is 2.29. The Labute approximate surface area is 195 Å². The molecule has 0 saturated heterocycles. The molecule has 13 nitrogen and oxygen atoms in total. The number of carbonyl (C=O) groups excluding carboxylic acids is 4. The molecule has 0 radical (unpaired) electrons. The normalized spacial score (nSPS) is 14.1. The maximum Gasteiger partial charge on any atom is 0.326 e. The van der Waals surface area contributed by atoms with Crippen LogP contribution in [0.25, 0.3) is 0 Å². The number of nitrogens with one attached hydrogen (secondary N) is 3. The Hall–Kier alpha value is -4.00. The van der Waals surface area contributed by atoms with Gasteiger partial charge in [-0.1, -0.05) is 30.3 Å². The van der Waals surface area contributed by atoms with E-state index in [1.807, 2.05) is 0 Å². The van der Waals surface area contributed by atoms with Gasteiger partial charge in [0.1, 0.15) is 18.1 Å². The van der Waals surface area contributed by atoms with Crippen molar-refractivity contribution in [3.8, 4) is 0 Å². The third kappa shape index (κ3) is 10.1. The number of hydrogen-bond donors (Lipinski definition) is 7. The number of carbonyl (C=O) groups is 6. The lowest BCUT2D eigenvalue weighted by Crippen LogP contribution is -2.57. The van der Waals surface area contributed by atoms with Crippen molar-refractivity contribution in [3.05, 3.63) is 35.9 Å². The van der Waals surface area contributed by atoms with E-state index >= 15 is 0 Å². The van der Waals surface area contributed by atoms with E-state index in [1.54, 1.807) is 30.3 Å². The fourth-order valence-electron chi connectivity index (χ4n) is 2.82.